The molecule has 0 saturated heterocycles. The number of carboxylic acids is 2. The van der Waals surface area contributed by atoms with Crippen molar-refractivity contribution in [1.82, 2.24) is 10.6 Å². The Kier molecular flexibility index (Phi) is 9.10. The van der Waals surface area contributed by atoms with Crippen molar-refractivity contribution in [3.8, 4) is 0 Å². The maximum atomic E-state index is 12.7. The van der Waals surface area contributed by atoms with Crippen LogP contribution in [0.1, 0.15) is 32.3 Å². The van der Waals surface area contributed by atoms with E-state index in [0.717, 1.165) is 5.56 Å². The van der Waals surface area contributed by atoms with Crippen molar-refractivity contribution >= 4 is 23.8 Å². The van der Waals surface area contributed by atoms with Crippen LogP contribution in [0, 0.1) is 5.92 Å². The molecule has 9 heteroatoms. The minimum atomic E-state index is -1.31. The summed E-state index contributed by atoms with van der Waals surface area (Å²) >= 11 is 0. The Balaban J connectivity index is 2.88. The predicted octanol–water partition coefficient (Wildman–Crippen LogP) is 0.131. The Hall–Kier alpha value is -2.94. The lowest BCUT2D eigenvalue weighted by atomic mass is 9.96. The maximum Gasteiger partial charge on any atom is 0.326 e. The number of amides is 2. The molecule has 4 unspecified atom stereocenters. The van der Waals surface area contributed by atoms with Gasteiger partial charge in [-0.2, -0.15) is 0 Å². The van der Waals surface area contributed by atoms with Crippen molar-refractivity contribution in [3.05, 3.63) is 35.9 Å². The Labute approximate surface area is 163 Å². The van der Waals surface area contributed by atoms with Gasteiger partial charge in [0.15, 0.2) is 0 Å². The number of rotatable bonds is 11. The zero-order valence-electron chi connectivity index (χ0n) is 15.9. The van der Waals surface area contributed by atoms with E-state index in [0.29, 0.717) is 6.42 Å². The molecular weight excluding hydrogens is 366 g/mol. The van der Waals surface area contributed by atoms with Gasteiger partial charge in [0.05, 0.1) is 12.5 Å². The summed E-state index contributed by atoms with van der Waals surface area (Å²) in [6.07, 6.45) is 0.0387. The molecule has 6 N–H and O–H groups in total. The molecule has 4 atom stereocenters. The lowest BCUT2D eigenvalue weighted by Gasteiger charge is -2.26. The van der Waals surface area contributed by atoms with Crippen molar-refractivity contribution in [2.45, 2.75) is 51.2 Å². The van der Waals surface area contributed by atoms with Crippen molar-refractivity contribution in [3.63, 3.8) is 0 Å². The second-order valence-corrected chi connectivity index (χ2v) is 6.67. The topological polar surface area (TPSA) is 159 Å². The first-order chi connectivity index (χ1) is 13.1. The molecule has 0 aromatic heterocycles. The van der Waals surface area contributed by atoms with Crippen LogP contribution >= 0.6 is 0 Å². The van der Waals surface area contributed by atoms with Gasteiger partial charge in [-0.05, 0) is 11.5 Å². The minimum absolute atomic E-state index is 0.0849. The smallest absolute Gasteiger partial charge is 0.326 e. The van der Waals surface area contributed by atoms with Crippen LogP contribution < -0.4 is 16.4 Å². The summed E-state index contributed by atoms with van der Waals surface area (Å²) in [7, 11) is 0. The highest BCUT2D eigenvalue weighted by Gasteiger charge is 2.31. The number of carboxylic acid groups (broad SMARTS) is 2. The summed E-state index contributed by atoms with van der Waals surface area (Å²) in [6.45, 7) is 3.53. The molecule has 154 valence electrons. The summed E-state index contributed by atoms with van der Waals surface area (Å²) in [4.78, 5) is 47.1. The van der Waals surface area contributed by atoms with E-state index in [4.69, 9.17) is 10.8 Å². The van der Waals surface area contributed by atoms with Crippen LogP contribution in [-0.4, -0.2) is 52.1 Å². The van der Waals surface area contributed by atoms with Gasteiger partial charge in [-0.1, -0.05) is 50.6 Å². The lowest BCUT2D eigenvalue weighted by molar-refractivity contribution is -0.143. The number of carbonyl (C=O) groups is 4. The van der Waals surface area contributed by atoms with Crippen molar-refractivity contribution in [2.75, 3.05) is 0 Å². The zero-order chi connectivity index (χ0) is 21.3. The van der Waals surface area contributed by atoms with Gasteiger partial charge in [0, 0.05) is 6.42 Å². The first kappa shape index (κ1) is 23.1. The van der Waals surface area contributed by atoms with Gasteiger partial charge in [0.25, 0.3) is 0 Å². The summed E-state index contributed by atoms with van der Waals surface area (Å²) in [5.74, 6) is -4.19. The quantitative estimate of drug-likeness (QED) is 0.357. The first-order valence-corrected chi connectivity index (χ1v) is 9.00. The molecule has 0 bridgehead atoms. The molecule has 1 rings (SSSR count). The molecule has 2 amide bonds. The second kappa shape index (κ2) is 11.0. The molecule has 0 spiro atoms. The largest absolute Gasteiger partial charge is 0.481 e. The highest BCUT2D eigenvalue weighted by Crippen LogP contribution is 2.10. The molecule has 1 aromatic carbocycles. The highest BCUT2D eigenvalue weighted by atomic mass is 16.4. The zero-order valence-corrected chi connectivity index (χ0v) is 15.9. The molecule has 28 heavy (non-hydrogen) atoms. The van der Waals surface area contributed by atoms with E-state index in [9.17, 15) is 24.3 Å². The number of benzene rings is 1. The predicted molar refractivity (Wildman–Crippen MR) is 101 cm³/mol. The van der Waals surface area contributed by atoms with E-state index in [1.165, 1.54) is 0 Å². The minimum Gasteiger partial charge on any atom is -0.481 e. The Morgan fingerprint density at radius 1 is 1.04 bits per heavy atom. The van der Waals surface area contributed by atoms with Gasteiger partial charge in [-0.3, -0.25) is 14.4 Å². The van der Waals surface area contributed by atoms with Gasteiger partial charge < -0.3 is 26.6 Å². The Morgan fingerprint density at radius 3 is 2.14 bits per heavy atom. The normalized spacial score (nSPS) is 15.0. The average Bonchev–Trinajstić information content (AvgIpc) is 2.64. The van der Waals surface area contributed by atoms with E-state index in [-0.39, 0.29) is 12.3 Å². The molecule has 0 fully saturated rings. The molecule has 0 heterocycles. The number of nitrogens with two attached hydrogens (primary N) is 1. The van der Waals surface area contributed by atoms with Crippen LogP contribution in [0.5, 0.6) is 0 Å². The van der Waals surface area contributed by atoms with Crippen LogP contribution in [0.2, 0.25) is 0 Å². The lowest BCUT2D eigenvalue weighted by Crippen LogP contribution is -2.57. The third kappa shape index (κ3) is 7.36. The molecule has 1 aromatic rings. The number of hydrogen-bond acceptors (Lipinski definition) is 5. The standard InChI is InChI=1S/C19H27N3O6/c1-3-11(2)16(22-17(25)13(20)10-15(23)24)18(26)21-14(19(27)28)9-12-7-5-4-6-8-12/h4-8,11,13-14,16H,3,9-10,20H2,1-2H3,(H,21,26)(H,22,25)(H,23,24)(H,27,28). The van der Waals surface area contributed by atoms with Gasteiger partial charge >= 0.3 is 11.9 Å². The van der Waals surface area contributed by atoms with Crippen LogP contribution in [0.25, 0.3) is 0 Å². The maximum absolute atomic E-state index is 12.7. The Morgan fingerprint density at radius 2 is 1.64 bits per heavy atom. The van der Waals surface area contributed by atoms with Crippen molar-refractivity contribution in [2.24, 2.45) is 11.7 Å². The van der Waals surface area contributed by atoms with E-state index in [1.807, 2.05) is 6.92 Å². The van der Waals surface area contributed by atoms with Crippen LogP contribution in [0.3, 0.4) is 0 Å². The molecule has 0 aliphatic carbocycles. The summed E-state index contributed by atoms with van der Waals surface area (Å²) in [5, 5.41) is 23.1. The summed E-state index contributed by atoms with van der Waals surface area (Å²) in [5.41, 5.74) is 6.28. The third-order valence-electron chi connectivity index (χ3n) is 4.42. The summed E-state index contributed by atoms with van der Waals surface area (Å²) < 4.78 is 0. The fraction of sp³-hybridized carbons (Fsp3) is 0.474. The molecule has 0 aliphatic rings. The average molecular weight is 393 g/mol. The number of aliphatic carboxylic acids is 2. The fourth-order valence-electron chi connectivity index (χ4n) is 2.55. The third-order valence-corrected chi connectivity index (χ3v) is 4.42. The Bertz CT molecular complexity index is 694. The first-order valence-electron chi connectivity index (χ1n) is 9.00. The van der Waals surface area contributed by atoms with Gasteiger partial charge in [-0.25, -0.2) is 4.79 Å². The van der Waals surface area contributed by atoms with Crippen molar-refractivity contribution in [1.29, 1.82) is 0 Å². The second-order valence-electron chi connectivity index (χ2n) is 6.67. The van der Waals surface area contributed by atoms with E-state index in [1.54, 1.807) is 37.3 Å². The number of hydrogen-bond donors (Lipinski definition) is 5. The van der Waals surface area contributed by atoms with Crippen molar-refractivity contribution < 1.29 is 29.4 Å². The van der Waals surface area contributed by atoms with Gasteiger partial charge in [-0.15, -0.1) is 0 Å². The fourth-order valence-corrected chi connectivity index (χ4v) is 2.55. The number of nitrogens with one attached hydrogen (secondary N) is 2. The molecular formula is C19H27N3O6. The van der Waals surface area contributed by atoms with Crippen LogP contribution in [0.15, 0.2) is 30.3 Å². The molecule has 9 nitrogen and oxygen atoms in total. The van der Waals surface area contributed by atoms with Gasteiger partial charge in [0.2, 0.25) is 11.8 Å². The SMILES string of the molecule is CCC(C)C(NC(=O)C(N)CC(=O)O)C(=O)NC(Cc1ccccc1)C(=O)O. The van der Waals surface area contributed by atoms with Crippen LogP contribution in [-0.2, 0) is 25.6 Å². The van der Waals surface area contributed by atoms with E-state index in [2.05, 4.69) is 10.6 Å². The van der Waals surface area contributed by atoms with E-state index >= 15 is 0 Å². The van der Waals surface area contributed by atoms with Crippen LogP contribution in [0.4, 0.5) is 0 Å². The highest BCUT2D eigenvalue weighted by molar-refractivity contribution is 5.93. The van der Waals surface area contributed by atoms with E-state index < -0.39 is 48.3 Å². The summed E-state index contributed by atoms with van der Waals surface area (Å²) in [6, 6.07) is 5.32. The van der Waals surface area contributed by atoms with Gasteiger partial charge in [0.1, 0.15) is 12.1 Å². The molecule has 0 aliphatic heterocycles. The molecule has 0 saturated carbocycles. The number of carbonyl (C=O) groups excluding carboxylic acids is 2. The monoisotopic (exact) mass is 393 g/mol. The molecule has 0 radical (unpaired) electrons.